The van der Waals surface area contributed by atoms with Crippen molar-refractivity contribution < 1.29 is 0 Å². The molecular formula is C13H14ClN3. The highest BCUT2D eigenvalue weighted by molar-refractivity contribution is 6.29. The van der Waals surface area contributed by atoms with Crippen LogP contribution in [0.2, 0.25) is 5.15 Å². The number of nitrogens with zero attached hydrogens (tertiary/aromatic N) is 3. The van der Waals surface area contributed by atoms with E-state index >= 15 is 0 Å². The molecule has 2 aromatic heterocycles. The maximum absolute atomic E-state index is 6.29. The summed E-state index contributed by atoms with van der Waals surface area (Å²) < 4.78 is 1.78. The maximum atomic E-state index is 6.29. The van der Waals surface area contributed by atoms with Crippen LogP contribution in [0.1, 0.15) is 55.3 Å². The van der Waals surface area contributed by atoms with Crippen molar-refractivity contribution in [1.29, 1.82) is 0 Å². The molecule has 2 aliphatic rings. The Kier molecular flexibility index (Phi) is 2.01. The largest absolute Gasteiger partial charge is 0.212 e. The molecule has 0 spiro atoms. The monoisotopic (exact) mass is 247 g/mol. The Hall–Kier alpha value is -1.09. The molecule has 0 aromatic carbocycles. The van der Waals surface area contributed by atoms with Gasteiger partial charge in [-0.15, -0.1) is 5.10 Å². The van der Waals surface area contributed by atoms with E-state index in [9.17, 15) is 0 Å². The summed E-state index contributed by atoms with van der Waals surface area (Å²) in [5, 5.41) is 5.19. The molecule has 0 atom stereocenters. The first-order chi connectivity index (χ1) is 8.31. The van der Waals surface area contributed by atoms with Crippen LogP contribution in [0.5, 0.6) is 0 Å². The second kappa shape index (κ2) is 3.45. The van der Waals surface area contributed by atoms with E-state index in [0.717, 1.165) is 11.5 Å². The predicted molar refractivity (Wildman–Crippen MR) is 66.6 cm³/mol. The van der Waals surface area contributed by atoms with Gasteiger partial charge in [-0.1, -0.05) is 18.0 Å². The van der Waals surface area contributed by atoms with Gasteiger partial charge in [0.25, 0.3) is 0 Å². The third kappa shape index (κ3) is 1.56. The van der Waals surface area contributed by atoms with Gasteiger partial charge in [0.15, 0.2) is 11.5 Å². The van der Waals surface area contributed by atoms with E-state index < -0.39 is 0 Å². The van der Waals surface area contributed by atoms with E-state index in [0.29, 0.717) is 17.0 Å². The lowest BCUT2D eigenvalue weighted by Gasteiger charge is -2.25. The minimum atomic E-state index is 0.582. The van der Waals surface area contributed by atoms with Crippen LogP contribution in [0.15, 0.2) is 12.1 Å². The molecule has 2 saturated carbocycles. The van der Waals surface area contributed by atoms with Crippen LogP contribution in [-0.2, 0) is 0 Å². The molecule has 0 aliphatic heterocycles. The lowest BCUT2D eigenvalue weighted by molar-refractivity contribution is 0.419. The average molecular weight is 248 g/mol. The topological polar surface area (TPSA) is 30.2 Å². The summed E-state index contributed by atoms with van der Waals surface area (Å²) in [6.07, 6.45) is 6.37. The van der Waals surface area contributed by atoms with Crippen molar-refractivity contribution >= 4 is 17.2 Å². The number of halogens is 1. The van der Waals surface area contributed by atoms with Crippen LogP contribution in [0.4, 0.5) is 0 Å². The first kappa shape index (κ1) is 9.89. The van der Waals surface area contributed by atoms with Crippen molar-refractivity contribution in [1.82, 2.24) is 14.6 Å². The van der Waals surface area contributed by atoms with Gasteiger partial charge in [-0.2, -0.15) is 0 Å². The molecule has 4 heteroatoms. The highest BCUT2D eigenvalue weighted by atomic mass is 35.5. The zero-order valence-corrected chi connectivity index (χ0v) is 10.3. The fourth-order valence-corrected chi connectivity index (χ4v) is 2.72. The Bertz CT molecular complexity index is 582. The van der Waals surface area contributed by atoms with Gasteiger partial charge in [0.2, 0.25) is 0 Å². The van der Waals surface area contributed by atoms with E-state index in [1.807, 2.05) is 0 Å². The molecule has 0 saturated heterocycles. The van der Waals surface area contributed by atoms with Crippen LogP contribution in [-0.4, -0.2) is 14.6 Å². The number of pyridine rings is 1. The molecule has 88 valence electrons. The third-order valence-corrected chi connectivity index (χ3v) is 4.22. The minimum Gasteiger partial charge on any atom is -0.212 e. The number of aromatic nitrogens is 3. The Balaban J connectivity index is 1.84. The van der Waals surface area contributed by atoms with E-state index in [1.54, 1.807) is 4.52 Å². The average Bonchev–Trinajstić information content (AvgIpc) is 2.97. The third-order valence-electron chi connectivity index (χ3n) is 3.95. The zero-order valence-electron chi connectivity index (χ0n) is 9.56. The molecule has 4 rings (SSSR count). The van der Waals surface area contributed by atoms with Crippen LogP contribution < -0.4 is 0 Å². The SMILES string of the molecule is Clc1cc(C2CCC2)cc2nc(C3CC3)nn12. The molecule has 17 heavy (non-hydrogen) atoms. The van der Waals surface area contributed by atoms with E-state index in [1.165, 1.54) is 37.7 Å². The summed E-state index contributed by atoms with van der Waals surface area (Å²) in [5.74, 6) is 2.24. The van der Waals surface area contributed by atoms with Gasteiger partial charge in [0.05, 0.1) is 0 Å². The van der Waals surface area contributed by atoms with Crippen molar-refractivity contribution in [3.63, 3.8) is 0 Å². The molecule has 0 radical (unpaired) electrons. The van der Waals surface area contributed by atoms with Gasteiger partial charge in [0, 0.05) is 5.92 Å². The highest BCUT2D eigenvalue weighted by Gasteiger charge is 2.28. The van der Waals surface area contributed by atoms with Crippen LogP contribution in [0, 0.1) is 0 Å². The van der Waals surface area contributed by atoms with Gasteiger partial charge in [0.1, 0.15) is 5.15 Å². The number of hydrogen-bond acceptors (Lipinski definition) is 2. The smallest absolute Gasteiger partial charge is 0.157 e. The van der Waals surface area contributed by atoms with Crippen LogP contribution in [0.3, 0.4) is 0 Å². The standard InChI is InChI=1S/C13H14ClN3/c14-11-6-10(8-2-1-3-8)7-12-15-13(9-4-5-9)16-17(11)12/h6-9H,1-5H2. The molecule has 2 fully saturated rings. The maximum Gasteiger partial charge on any atom is 0.157 e. The zero-order chi connectivity index (χ0) is 11.4. The van der Waals surface area contributed by atoms with Gasteiger partial charge in [-0.25, -0.2) is 9.50 Å². The molecule has 0 N–H and O–H groups in total. The fraction of sp³-hybridized carbons (Fsp3) is 0.538. The molecule has 0 bridgehead atoms. The van der Waals surface area contributed by atoms with Gasteiger partial charge in [-0.05, 0) is 49.3 Å². The number of fused-ring (bicyclic) bond motifs is 1. The lowest BCUT2D eigenvalue weighted by atomic mass is 9.80. The molecular weight excluding hydrogens is 234 g/mol. The molecule has 3 nitrogen and oxygen atoms in total. The summed E-state index contributed by atoms with van der Waals surface area (Å²) in [6, 6.07) is 4.22. The van der Waals surface area contributed by atoms with Gasteiger partial charge >= 0.3 is 0 Å². The summed E-state index contributed by atoms with van der Waals surface area (Å²) in [5.41, 5.74) is 2.25. The van der Waals surface area contributed by atoms with Crippen molar-refractivity contribution in [2.45, 2.75) is 43.9 Å². The van der Waals surface area contributed by atoms with Crippen molar-refractivity contribution in [3.05, 3.63) is 28.7 Å². The lowest BCUT2D eigenvalue weighted by Crippen LogP contribution is -2.09. The Morgan fingerprint density at radius 3 is 2.59 bits per heavy atom. The van der Waals surface area contributed by atoms with Crippen molar-refractivity contribution in [2.75, 3.05) is 0 Å². The Labute approximate surface area is 105 Å². The highest BCUT2D eigenvalue weighted by Crippen LogP contribution is 2.40. The summed E-state index contributed by atoms with van der Waals surface area (Å²) in [7, 11) is 0. The predicted octanol–water partition coefficient (Wildman–Crippen LogP) is 3.53. The van der Waals surface area contributed by atoms with Crippen LogP contribution in [0.25, 0.3) is 5.65 Å². The quantitative estimate of drug-likeness (QED) is 0.760. The summed E-state index contributed by atoms with van der Waals surface area (Å²) >= 11 is 6.29. The first-order valence-corrected chi connectivity index (χ1v) is 6.75. The minimum absolute atomic E-state index is 0.582. The van der Waals surface area contributed by atoms with Gasteiger partial charge < -0.3 is 0 Å². The van der Waals surface area contributed by atoms with Crippen molar-refractivity contribution in [2.24, 2.45) is 0 Å². The normalized spacial score (nSPS) is 20.8. The van der Waals surface area contributed by atoms with E-state index in [-0.39, 0.29) is 0 Å². The molecule has 2 aliphatic carbocycles. The Morgan fingerprint density at radius 1 is 1.12 bits per heavy atom. The van der Waals surface area contributed by atoms with Crippen LogP contribution >= 0.6 is 11.6 Å². The summed E-state index contributed by atoms with van der Waals surface area (Å²) in [4.78, 5) is 4.60. The van der Waals surface area contributed by atoms with Crippen molar-refractivity contribution in [3.8, 4) is 0 Å². The summed E-state index contributed by atoms with van der Waals surface area (Å²) in [6.45, 7) is 0. The molecule has 2 aromatic rings. The number of hydrogen-bond donors (Lipinski definition) is 0. The molecule has 0 amide bonds. The van der Waals surface area contributed by atoms with Gasteiger partial charge in [-0.3, -0.25) is 0 Å². The second-order valence-electron chi connectivity index (χ2n) is 5.25. The Morgan fingerprint density at radius 2 is 1.94 bits per heavy atom. The van der Waals surface area contributed by atoms with E-state index in [2.05, 4.69) is 22.2 Å². The number of rotatable bonds is 2. The molecule has 2 heterocycles. The molecule has 0 unspecified atom stereocenters. The van der Waals surface area contributed by atoms with E-state index in [4.69, 9.17) is 11.6 Å². The first-order valence-electron chi connectivity index (χ1n) is 6.37. The fourth-order valence-electron chi connectivity index (χ4n) is 2.47. The second-order valence-corrected chi connectivity index (χ2v) is 5.64.